The van der Waals surface area contributed by atoms with E-state index in [0.29, 0.717) is 27.0 Å². The molecule has 2 heterocycles. The molecular weight excluding hydrogens is 543 g/mol. The van der Waals surface area contributed by atoms with E-state index in [2.05, 4.69) is 45.3 Å². The predicted octanol–water partition coefficient (Wildman–Crippen LogP) is 6.54. The maximum Gasteiger partial charge on any atom is 0.276 e. The number of halogens is 2. The van der Waals surface area contributed by atoms with Gasteiger partial charge in [-0.2, -0.15) is 0 Å². The second-order valence-electron chi connectivity index (χ2n) is 8.53. The van der Waals surface area contributed by atoms with Crippen molar-refractivity contribution in [3.63, 3.8) is 0 Å². The second kappa shape index (κ2) is 9.83. The number of hydrogen-bond donors (Lipinski definition) is 1. The van der Waals surface area contributed by atoms with Crippen molar-refractivity contribution in [2.45, 2.75) is 19.8 Å². The maximum absolute atomic E-state index is 13.8. The van der Waals surface area contributed by atoms with Gasteiger partial charge in [0.1, 0.15) is 5.82 Å². The zero-order valence-corrected chi connectivity index (χ0v) is 21.7. The van der Waals surface area contributed by atoms with Crippen LogP contribution < -0.4 is 10.2 Å². The van der Waals surface area contributed by atoms with Crippen LogP contribution in [0.1, 0.15) is 36.5 Å². The first-order chi connectivity index (χ1) is 17.3. The van der Waals surface area contributed by atoms with Crippen molar-refractivity contribution in [1.29, 1.82) is 0 Å². The van der Waals surface area contributed by atoms with Crippen molar-refractivity contribution in [1.82, 2.24) is 0 Å². The van der Waals surface area contributed by atoms with E-state index >= 15 is 0 Å². The van der Waals surface area contributed by atoms with Gasteiger partial charge in [0.2, 0.25) is 5.17 Å². The lowest BCUT2D eigenvalue weighted by atomic mass is 10.0. The highest BCUT2D eigenvalue weighted by molar-refractivity contribution is 9.10. The lowest BCUT2D eigenvalue weighted by molar-refractivity contribution is -0.113. The minimum atomic E-state index is -0.484. The van der Waals surface area contributed by atoms with Gasteiger partial charge in [-0.25, -0.2) is 4.39 Å². The first kappa shape index (κ1) is 24.1. The van der Waals surface area contributed by atoms with Gasteiger partial charge >= 0.3 is 0 Å². The standard InChI is InChI=1S/C27H20BrFN4O2S/c1-15(2)17-6-4-8-20(13-17)33-26(35)23(12-16-5-3-7-18(28)11-16)36-27(33)32-31-24-21-14-19(29)9-10-22(21)30-25(24)34/h3-15H,1-2H3,(H,30,31,34). The van der Waals surface area contributed by atoms with Crippen LogP contribution in [0, 0.1) is 5.82 Å². The number of carbonyl (C=O) groups is 2. The molecule has 5 rings (SSSR count). The SMILES string of the molecule is CC(C)c1cccc(N2C(=O)C(=Cc3cccc(Br)c3)SC2=NN=C2C(=O)Nc3ccc(F)cc32)c1. The molecule has 2 aliphatic rings. The Morgan fingerprint density at radius 2 is 1.83 bits per heavy atom. The Bertz CT molecular complexity index is 1500. The molecule has 6 nitrogen and oxygen atoms in total. The number of benzene rings is 3. The van der Waals surface area contributed by atoms with Crippen molar-refractivity contribution in [3.8, 4) is 0 Å². The molecule has 0 spiro atoms. The molecule has 0 saturated carbocycles. The highest BCUT2D eigenvalue weighted by Crippen LogP contribution is 2.37. The smallest absolute Gasteiger partial charge is 0.276 e. The molecule has 2 amide bonds. The number of nitrogens with one attached hydrogen (secondary N) is 1. The number of amides is 2. The van der Waals surface area contributed by atoms with Crippen molar-refractivity contribution in [2.75, 3.05) is 10.2 Å². The summed E-state index contributed by atoms with van der Waals surface area (Å²) in [5, 5.41) is 11.4. The van der Waals surface area contributed by atoms with Gasteiger partial charge < -0.3 is 5.32 Å². The monoisotopic (exact) mass is 562 g/mol. The Kier molecular flexibility index (Phi) is 6.59. The minimum absolute atomic E-state index is 0.00894. The first-order valence-electron chi connectivity index (χ1n) is 11.2. The fraction of sp³-hybridized carbons (Fsp3) is 0.111. The fourth-order valence-electron chi connectivity index (χ4n) is 3.86. The summed E-state index contributed by atoms with van der Waals surface area (Å²) in [6.45, 7) is 4.16. The summed E-state index contributed by atoms with van der Waals surface area (Å²) in [4.78, 5) is 28.0. The van der Waals surface area contributed by atoms with Gasteiger partial charge in [-0.05, 0) is 77.3 Å². The van der Waals surface area contributed by atoms with Crippen LogP contribution in [-0.4, -0.2) is 22.7 Å². The molecule has 0 bridgehead atoms. The second-order valence-corrected chi connectivity index (χ2v) is 10.5. The lowest BCUT2D eigenvalue weighted by Crippen LogP contribution is -2.29. The Labute approximate surface area is 220 Å². The highest BCUT2D eigenvalue weighted by atomic mass is 79.9. The van der Waals surface area contributed by atoms with Crippen molar-refractivity contribution in [2.24, 2.45) is 10.2 Å². The average molecular weight is 563 g/mol. The molecule has 180 valence electrons. The fourth-order valence-corrected chi connectivity index (χ4v) is 5.21. The summed E-state index contributed by atoms with van der Waals surface area (Å²) in [5.74, 6) is -0.946. The van der Waals surface area contributed by atoms with Crippen LogP contribution in [0.5, 0.6) is 0 Å². The molecule has 0 radical (unpaired) electrons. The van der Waals surface area contributed by atoms with E-state index in [9.17, 15) is 14.0 Å². The zero-order valence-electron chi connectivity index (χ0n) is 19.3. The van der Waals surface area contributed by atoms with E-state index in [4.69, 9.17) is 0 Å². The maximum atomic E-state index is 13.8. The van der Waals surface area contributed by atoms with Gasteiger partial charge in [0.15, 0.2) is 5.71 Å². The largest absolute Gasteiger partial charge is 0.320 e. The Balaban J connectivity index is 1.59. The normalized spacial score (nSPS) is 18.6. The molecule has 36 heavy (non-hydrogen) atoms. The van der Waals surface area contributed by atoms with E-state index in [0.717, 1.165) is 15.6 Å². The third-order valence-corrected chi connectivity index (χ3v) is 7.14. The van der Waals surface area contributed by atoms with Crippen LogP contribution in [-0.2, 0) is 9.59 Å². The molecule has 3 aromatic carbocycles. The summed E-state index contributed by atoms with van der Waals surface area (Å²) in [7, 11) is 0. The molecule has 2 aliphatic heterocycles. The number of rotatable bonds is 4. The van der Waals surface area contributed by atoms with Gasteiger partial charge in [0, 0.05) is 10.0 Å². The van der Waals surface area contributed by atoms with Gasteiger partial charge in [0.25, 0.3) is 11.8 Å². The third kappa shape index (κ3) is 4.76. The summed E-state index contributed by atoms with van der Waals surface area (Å²) in [6.07, 6.45) is 1.79. The van der Waals surface area contributed by atoms with Gasteiger partial charge in [-0.3, -0.25) is 14.5 Å². The van der Waals surface area contributed by atoms with Gasteiger partial charge in [-0.15, -0.1) is 10.2 Å². The minimum Gasteiger partial charge on any atom is -0.320 e. The van der Waals surface area contributed by atoms with Gasteiger partial charge in [0.05, 0.1) is 16.3 Å². The van der Waals surface area contributed by atoms with E-state index in [1.165, 1.54) is 34.9 Å². The number of anilines is 2. The number of hydrogen-bond acceptors (Lipinski definition) is 5. The van der Waals surface area contributed by atoms with Crippen molar-refractivity contribution >= 4 is 67.8 Å². The van der Waals surface area contributed by atoms with Crippen LogP contribution in [0.25, 0.3) is 6.08 Å². The number of carbonyl (C=O) groups excluding carboxylic acids is 2. The van der Waals surface area contributed by atoms with E-state index in [1.54, 1.807) is 6.08 Å². The van der Waals surface area contributed by atoms with Crippen LogP contribution in [0.3, 0.4) is 0 Å². The molecule has 1 fully saturated rings. The van der Waals surface area contributed by atoms with Crippen LogP contribution in [0.4, 0.5) is 15.8 Å². The van der Waals surface area contributed by atoms with Crippen LogP contribution in [0.2, 0.25) is 0 Å². The summed E-state index contributed by atoms with van der Waals surface area (Å²) in [5.41, 5.74) is 3.36. The average Bonchev–Trinajstić information content (AvgIpc) is 3.32. The van der Waals surface area contributed by atoms with E-state index in [1.807, 2.05) is 48.5 Å². The lowest BCUT2D eigenvalue weighted by Gasteiger charge is -2.17. The van der Waals surface area contributed by atoms with Crippen LogP contribution in [0.15, 0.2) is 86.3 Å². The van der Waals surface area contributed by atoms with E-state index < -0.39 is 11.7 Å². The number of thioether (sulfide) groups is 1. The third-order valence-electron chi connectivity index (χ3n) is 5.68. The molecule has 0 aromatic heterocycles. The summed E-state index contributed by atoms with van der Waals surface area (Å²) >= 11 is 4.62. The highest BCUT2D eigenvalue weighted by Gasteiger charge is 2.35. The molecule has 0 unspecified atom stereocenters. The summed E-state index contributed by atoms with van der Waals surface area (Å²) < 4.78 is 14.7. The predicted molar refractivity (Wildman–Crippen MR) is 147 cm³/mol. The Morgan fingerprint density at radius 3 is 2.61 bits per heavy atom. The molecule has 1 saturated heterocycles. The number of nitrogens with zero attached hydrogens (tertiary/aromatic N) is 3. The summed E-state index contributed by atoms with van der Waals surface area (Å²) in [6, 6.07) is 19.3. The Hall–Kier alpha value is -3.56. The number of fused-ring (bicyclic) bond motifs is 1. The first-order valence-corrected chi connectivity index (χ1v) is 12.8. The molecule has 9 heteroatoms. The van der Waals surface area contributed by atoms with Crippen molar-refractivity contribution < 1.29 is 14.0 Å². The van der Waals surface area contributed by atoms with Crippen molar-refractivity contribution in [3.05, 3.63) is 98.6 Å². The molecule has 3 aromatic rings. The molecular formula is C27H20BrFN4O2S. The Morgan fingerprint density at radius 1 is 1.03 bits per heavy atom. The molecule has 0 atom stereocenters. The molecule has 0 aliphatic carbocycles. The van der Waals surface area contributed by atoms with Gasteiger partial charge in [-0.1, -0.05) is 54.0 Å². The topological polar surface area (TPSA) is 74.1 Å². The number of amidine groups is 1. The van der Waals surface area contributed by atoms with Crippen LogP contribution >= 0.6 is 27.7 Å². The zero-order chi connectivity index (χ0) is 25.4. The molecule has 1 N–H and O–H groups in total. The van der Waals surface area contributed by atoms with E-state index in [-0.39, 0.29) is 17.5 Å². The quantitative estimate of drug-likeness (QED) is 0.289.